The summed E-state index contributed by atoms with van der Waals surface area (Å²) in [7, 11) is 3.65. The summed E-state index contributed by atoms with van der Waals surface area (Å²) in [6.45, 7) is 1.45. The zero-order valence-electron chi connectivity index (χ0n) is 11.8. The van der Waals surface area contributed by atoms with Crippen LogP contribution in [0, 0.1) is 5.92 Å². The fourth-order valence-corrected chi connectivity index (χ4v) is 3.50. The second kappa shape index (κ2) is 4.94. The van der Waals surface area contributed by atoms with Gasteiger partial charge in [-0.05, 0) is 25.5 Å². The largest absolute Gasteiger partial charge is 0.367 e. The monoisotopic (exact) mass is 276 g/mol. The molecule has 0 saturated carbocycles. The molecule has 3 atom stereocenters. The first kappa shape index (κ1) is 13.2. The van der Waals surface area contributed by atoms with Gasteiger partial charge in [-0.15, -0.1) is 0 Å². The van der Waals surface area contributed by atoms with Crippen molar-refractivity contribution in [2.45, 2.75) is 18.5 Å². The number of amides is 2. The van der Waals surface area contributed by atoms with Crippen molar-refractivity contribution in [3.05, 3.63) is 24.0 Å². The molecule has 2 saturated heterocycles. The van der Waals surface area contributed by atoms with Crippen LogP contribution in [0.3, 0.4) is 0 Å². The van der Waals surface area contributed by atoms with E-state index in [4.69, 9.17) is 0 Å². The number of rotatable bonds is 2. The highest BCUT2D eigenvalue weighted by Crippen LogP contribution is 2.35. The zero-order valence-corrected chi connectivity index (χ0v) is 11.8. The van der Waals surface area contributed by atoms with E-state index in [1.807, 2.05) is 11.9 Å². The van der Waals surface area contributed by atoms with E-state index >= 15 is 0 Å². The summed E-state index contributed by atoms with van der Waals surface area (Å²) in [5.74, 6) is 0.543. The summed E-state index contributed by atoms with van der Waals surface area (Å²) in [6, 6.07) is 2.03. The average molecular weight is 276 g/mol. The molecule has 108 valence electrons. The van der Waals surface area contributed by atoms with Crippen molar-refractivity contribution < 1.29 is 9.59 Å². The minimum absolute atomic E-state index is 0.0560. The van der Waals surface area contributed by atoms with Gasteiger partial charge in [-0.25, -0.2) is 0 Å². The quantitative estimate of drug-likeness (QED) is 0.793. The molecule has 2 aliphatic rings. The number of carbonyl (C=O) groups excluding carboxylic acids is 2. The Balaban J connectivity index is 1.68. The number of hydrogen-bond acceptors (Lipinski definition) is 3. The minimum Gasteiger partial charge on any atom is -0.367 e. The molecule has 6 heteroatoms. The third-order valence-electron chi connectivity index (χ3n) is 4.63. The predicted octanol–water partition coefficient (Wildman–Crippen LogP) is -0.0946. The number of carbonyl (C=O) groups is 2. The first-order valence-electron chi connectivity index (χ1n) is 6.97. The fourth-order valence-electron chi connectivity index (χ4n) is 3.50. The maximum Gasteiger partial charge on any atom is 0.255 e. The minimum atomic E-state index is -0.0560. The smallest absolute Gasteiger partial charge is 0.255 e. The zero-order chi connectivity index (χ0) is 14.3. The van der Waals surface area contributed by atoms with Crippen molar-refractivity contribution >= 4 is 11.8 Å². The summed E-state index contributed by atoms with van der Waals surface area (Å²) in [5, 5.41) is 2.72. The number of aromatic nitrogens is 1. The molecule has 3 rings (SSSR count). The molecule has 0 bridgehead atoms. The van der Waals surface area contributed by atoms with Crippen LogP contribution in [-0.2, 0) is 4.79 Å². The van der Waals surface area contributed by atoms with Crippen LogP contribution in [0.5, 0.6) is 0 Å². The van der Waals surface area contributed by atoms with Crippen LogP contribution in [-0.4, -0.2) is 65.9 Å². The Morgan fingerprint density at radius 1 is 1.40 bits per heavy atom. The Bertz CT molecular complexity index is 513. The highest BCUT2D eigenvalue weighted by Gasteiger charge is 2.47. The van der Waals surface area contributed by atoms with Crippen molar-refractivity contribution in [1.82, 2.24) is 20.1 Å². The van der Waals surface area contributed by atoms with E-state index < -0.39 is 0 Å². The third kappa shape index (κ3) is 2.00. The number of hydrogen-bond donors (Lipinski definition) is 2. The Hall–Kier alpha value is -1.82. The molecule has 0 radical (unpaired) electrons. The number of aromatic amines is 1. The standard InChI is InChI=1S/C14H20N4O2/c1-15-13(19)11-5-10-7-18(8-12(10)17(11)2)14(20)9-3-4-16-6-9/h3-4,6,10-12,16H,5,7-8H2,1-2H3,(H,15,19)/t10-,11-,12+/m0/s1. The second-order valence-corrected chi connectivity index (χ2v) is 5.67. The SMILES string of the molecule is CNC(=O)[C@@H]1C[C@H]2CN(C(=O)c3cc[nH]c3)C[C@H]2N1C. The average Bonchev–Trinajstić information content (AvgIpc) is 3.15. The van der Waals surface area contributed by atoms with Crippen LogP contribution in [0.4, 0.5) is 0 Å². The molecule has 6 nitrogen and oxygen atoms in total. The van der Waals surface area contributed by atoms with Crippen LogP contribution in [0.25, 0.3) is 0 Å². The molecule has 20 heavy (non-hydrogen) atoms. The van der Waals surface area contributed by atoms with E-state index in [1.165, 1.54) is 0 Å². The molecule has 1 aromatic rings. The van der Waals surface area contributed by atoms with Crippen molar-refractivity contribution in [2.75, 3.05) is 27.2 Å². The van der Waals surface area contributed by atoms with E-state index in [-0.39, 0.29) is 17.9 Å². The first-order chi connectivity index (χ1) is 9.61. The van der Waals surface area contributed by atoms with Gasteiger partial charge in [-0.2, -0.15) is 0 Å². The Labute approximate surface area is 118 Å². The number of nitrogens with zero attached hydrogens (tertiary/aromatic N) is 2. The lowest BCUT2D eigenvalue weighted by atomic mass is 10.0. The van der Waals surface area contributed by atoms with Crippen LogP contribution < -0.4 is 5.32 Å². The van der Waals surface area contributed by atoms with E-state index in [0.29, 0.717) is 24.1 Å². The van der Waals surface area contributed by atoms with Gasteiger partial charge in [0.05, 0.1) is 11.6 Å². The summed E-state index contributed by atoms with van der Waals surface area (Å²) < 4.78 is 0. The van der Waals surface area contributed by atoms with Gasteiger partial charge in [0.1, 0.15) is 0 Å². The van der Waals surface area contributed by atoms with E-state index in [9.17, 15) is 9.59 Å². The van der Waals surface area contributed by atoms with Gasteiger partial charge in [0.2, 0.25) is 5.91 Å². The molecular weight excluding hydrogens is 256 g/mol. The van der Waals surface area contributed by atoms with Gasteiger partial charge in [0.25, 0.3) is 5.91 Å². The molecule has 1 aromatic heterocycles. The normalized spacial score (nSPS) is 29.5. The van der Waals surface area contributed by atoms with Crippen LogP contribution >= 0.6 is 0 Å². The van der Waals surface area contributed by atoms with Gasteiger partial charge in [0, 0.05) is 38.6 Å². The number of nitrogens with one attached hydrogen (secondary N) is 2. The van der Waals surface area contributed by atoms with Gasteiger partial charge in [-0.3, -0.25) is 14.5 Å². The molecule has 2 aliphatic heterocycles. The van der Waals surface area contributed by atoms with Crippen LogP contribution in [0.1, 0.15) is 16.8 Å². The summed E-state index contributed by atoms with van der Waals surface area (Å²) >= 11 is 0. The maximum atomic E-state index is 12.3. The Kier molecular flexibility index (Phi) is 3.25. The molecule has 0 spiro atoms. The van der Waals surface area contributed by atoms with Gasteiger partial charge >= 0.3 is 0 Å². The highest BCUT2D eigenvalue weighted by atomic mass is 16.2. The van der Waals surface area contributed by atoms with E-state index in [1.54, 1.807) is 25.5 Å². The van der Waals surface area contributed by atoms with Crippen molar-refractivity contribution in [2.24, 2.45) is 5.92 Å². The molecular formula is C14H20N4O2. The number of fused-ring (bicyclic) bond motifs is 1. The van der Waals surface area contributed by atoms with Crippen molar-refractivity contribution in [3.8, 4) is 0 Å². The fraction of sp³-hybridized carbons (Fsp3) is 0.571. The Morgan fingerprint density at radius 3 is 2.80 bits per heavy atom. The molecule has 2 N–H and O–H groups in total. The van der Waals surface area contributed by atoms with E-state index in [2.05, 4.69) is 15.2 Å². The molecule has 3 heterocycles. The number of H-pyrrole nitrogens is 1. The summed E-state index contributed by atoms with van der Waals surface area (Å²) in [4.78, 5) is 31.1. The molecule has 0 unspecified atom stereocenters. The summed E-state index contributed by atoms with van der Waals surface area (Å²) in [5.41, 5.74) is 0.704. The molecule has 2 fully saturated rings. The molecule has 0 aromatic carbocycles. The number of likely N-dealkylation sites (N-methyl/N-ethyl adjacent to an activating group) is 2. The van der Waals surface area contributed by atoms with Gasteiger partial charge in [-0.1, -0.05) is 0 Å². The second-order valence-electron chi connectivity index (χ2n) is 5.67. The van der Waals surface area contributed by atoms with Gasteiger partial charge in [0.15, 0.2) is 0 Å². The summed E-state index contributed by atoms with van der Waals surface area (Å²) in [6.07, 6.45) is 4.32. The van der Waals surface area contributed by atoms with Gasteiger partial charge < -0.3 is 15.2 Å². The Morgan fingerprint density at radius 2 is 2.20 bits per heavy atom. The predicted molar refractivity (Wildman–Crippen MR) is 74.2 cm³/mol. The number of likely N-dealkylation sites (tertiary alicyclic amines) is 2. The van der Waals surface area contributed by atoms with Crippen molar-refractivity contribution in [1.29, 1.82) is 0 Å². The highest BCUT2D eigenvalue weighted by molar-refractivity contribution is 5.94. The maximum absolute atomic E-state index is 12.3. The lowest BCUT2D eigenvalue weighted by Gasteiger charge is -2.25. The molecule has 0 aliphatic carbocycles. The topological polar surface area (TPSA) is 68.4 Å². The molecule has 2 amide bonds. The van der Waals surface area contributed by atoms with Crippen LogP contribution in [0.2, 0.25) is 0 Å². The first-order valence-corrected chi connectivity index (χ1v) is 6.97. The van der Waals surface area contributed by atoms with Crippen molar-refractivity contribution in [3.63, 3.8) is 0 Å². The lowest BCUT2D eigenvalue weighted by Crippen LogP contribution is -2.45. The third-order valence-corrected chi connectivity index (χ3v) is 4.63. The van der Waals surface area contributed by atoms with E-state index in [0.717, 1.165) is 13.0 Å². The lowest BCUT2D eigenvalue weighted by molar-refractivity contribution is -0.125. The van der Waals surface area contributed by atoms with Crippen LogP contribution in [0.15, 0.2) is 18.5 Å².